The van der Waals surface area contributed by atoms with Crippen LogP contribution in [0, 0.1) is 0 Å². The molecule has 1 N–H and O–H groups in total. The molecule has 1 aliphatic heterocycles. The monoisotopic (exact) mass is 432 g/mol. The zero-order valence-corrected chi connectivity index (χ0v) is 17.5. The normalized spacial score (nSPS) is 14.7. The molecule has 5 rings (SSSR count). The van der Waals surface area contributed by atoms with Crippen molar-refractivity contribution < 1.29 is 9.32 Å². The molecule has 3 aromatic carbocycles. The summed E-state index contributed by atoms with van der Waals surface area (Å²) in [4.78, 5) is 19.2. The minimum Gasteiger partial charge on any atom is -0.339 e. The number of halogens is 1. The van der Waals surface area contributed by atoms with Gasteiger partial charge in [0.1, 0.15) is 0 Å². The molecule has 0 spiro atoms. The molecule has 6 nitrogen and oxygen atoms in total. The summed E-state index contributed by atoms with van der Waals surface area (Å²) in [7, 11) is 0. The van der Waals surface area contributed by atoms with Gasteiger partial charge in [-0.1, -0.05) is 65.3 Å². The Morgan fingerprint density at radius 1 is 1.03 bits per heavy atom. The van der Waals surface area contributed by atoms with E-state index in [1.165, 1.54) is 0 Å². The highest BCUT2D eigenvalue weighted by Gasteiger charge is 2.28. The van der Waals surface area contributed by atoms with Gasteiger partial charge in [-0.15, -0.1) is 0 Å². The third-order valence-corrected chi connectivity index (χ3v) is 5.92. The Labute approximate surface area is 184 Å². The molecule has 4 aromatic rings. The fraction of sp³-hybridized carbons (Fsp3) is 0.208. The minimum atomic E-state index is -0.0834. The van der Waals surface area contributed by atoms with E-state index in [0.29, 0.717) is 29.8 Å². The predicted molar refractivity (Wildman–Crippen MR) is 121 cm³/mol. The quantitative estimate of drug-likeness (QED) is 0.434. The molecule has 1 aromatic heterocycles. The molecule has 1 saturated heterocycles. The highest BCUT2D eigenvalue weighted by Crippen LogP contribution is 2.30. The fourth-order valence-electron chi connectivity index (χ4n) is 4.00. The molecule has 1 fully saturated rings. The topological polar surface area (TPSA) is 71.3 Å². The molecule has 7 heteroatoms. The molecule has 0 aliphatic carbocycles. The molecule has 31 heavy (non-hydrogen) atoms. The molecular formula is C24H21ClN4O2. The van der Waals surface area contributed by atoms with E-state index in [1.807, 2.05) is 71.6 Å². The SMILES string of the molecule is O=C(Nc1cccc2ccccc12)N1CCC(c2nc(-c3cccc(Cl)c3)no2)CC1. The summed E-state index contributed by atoms with van der Waals surface area (Å²) < 4.78 is 5.51. The predicted octanol–water partition coefficient (Wildman–Crippen LogP) is 5.95. The van der Waals surface area contributed by atoms with E-state index in [1.54, 1.807) is 0 Å². The van der Waals surface area contributed by atoms with Crippen LogP contribution < -0.4 is 5.32 Å². The van der Waals surface area contributed by atoms with E-state index in [4.69, 9.17) is 16.1 Å². The van der Waals surface area contributed by atoms with Crippen LogP contribution in [-0.2, 0) is 0 Å². The summed E-state index contributed by atoms with van der Waals surface area (Å²) in [5, 5.41) is 9.94. The average molecular weight is 433 g/mol. The number of hydrogen-bond donors (Lipinski definition) is 1. The largest absolute Gasteiger partial charge is 0.339 e. The van der Waals surface area contributed by atoms with Crippen LogP contribution in [0.1, 0.15) is 24.7 Å². The summed E-state index contributed by atoms with van der Waals surface area (Å²) in [5.41, 5.74) is 1.66. The number of rotatable bonds is 3. The lowest BCUT2D eigenvalue weighted by Crippen LogP contribution is -2.40. The summed E-state index contributed by atoms with van der Waals surface area (Å²) in [6.45, 7) is 1.27. The Balaban J connectivity index is 1.23. The molecular weight excluding hydrogens is 412 g/mol. The molecule has 0 atom stereocenters. The Hall–Kier alpha value is -3.38. The third kappa shape index (κ3) is 4.11. The highest BCUT2D eigenvalue weighted by molar-refractivity contribution is 6.30. The van der Waals surface area contributed by atoms with Crippen LogP contribution in [0.4, 0.5) is 10.5 Å². The van der Waals surface area contributed by atoms with Crippen LogP contribution in [0.5, 0.6) is 0 Å². The molecule has 0 radical (unpaired) electrons. The van der Waals surface area contributed by atoms with E-state index in [9.17, 15) is 4.79 Å². The number of piperidine rings is 1. The number of nitrogens with one attached hydrogen (secondary N) is 1. The number of amides is 2. The number of benzene rings is 3. The van der Waals surface area contributed by atoms with Crippen molar-refractivity contribution in [2.45, 2.75) is 18.8 Å². The third-order valence-electron chi connectivity index (χ3n) is 5.69. The standard InChI is InChI=1S/C24H21ClN4O2/c25-19-8-3-7-18(15-19)22-27-23(31-28-22)17-11-13-29(14-12-17)24(30)26-21-10-4-6-16-5-1-2-9-20(16)21/h1-10,15,17H,11-14H2,(H,26,30). The second kappa shape index (κ2) is 8.40. The van der Waals surface area contributed by atoms with Gasteiger partial charge in [-0.3, -0.25) is 0 Å². The second-order valence-electron chi connectivity index (χ2n) is 7.68. The van der Waals surface area contributed by atoms with E-state index in [-0.39, 0.29) is 11.9 Å². The van der Waals surface area contributed by atoms with Gasteiger partial charge in [0, 0.05) is 35.0 Å². The van der Waals surface area contributed by atoms with Gasteiger partial charge in [0.25, 0.3) is 0 Å². The van der Waals surface area contributed by atoms with Crippen LogP contribution in [0.25, 0.3) is 22.2 Å². The Morgan fingerprint density at radius 2 is 1.81 bits per heavy atom. The smallest absolute Gasteiger partial charge is 0.321 e. The molecule has 0 saturated carbocycles. The summed E-state index contributed by atoms with van der Waals surface area (Å²) in [5.74, 6) is 1.29. The number of fused-ring (bicyclic) bond motifs is 1. The fourth-order valence-corrected chi connectivity index (χ4v) is 4.19. The first kappa shape index (κ1) is 19.6. The highest BCUT2D eigenvalue weighted by atomic mass is 35.5. The molecule has 0 unspecified atom stereocenters. The first-order valence-electron chi connectivity index (χ1n) is 10.3. The van der Waals surface area contributed by atoms with Crippen molar-refractivity contribution in [1.29, 1.82) is 0 Å². The maximum Gasteiger partial charge on any atom is 0.321 e. The van der Waals surface area contributed by atoms with Crippen LogP contribution in [0.3, 0.4) is 0 Å². The lowest BCUT2D eigenvalue weighted by Gasteiger charge is -2.30. The number of hydrogen-bond acceptors (Lipinski definition) is 4. The molecule has 2 heterocycles. The van der Waals surface area contributed by atoms with Gasteiger partial charge in [0.2, 0.25) is 11.7 Å². The maximum absolute atomic E-state index is 12.8. The molecule has 2 amide bonds. The first-order valence-corrected chi connectivity index (χ1v) is 10.7. The van der Waals surface area contributed by atoms with E-state index >= 15 is 0 Å². The summed E-state index contributed by atoms with van der Waals surface area (Å²) >= 11 is 6.06. The zero-order chi connectivity index (χ0) is 21.2. The Kier molecular flexibility index (Phi) is 5.30. The number of likely N-dealkylation sites (tertiary alicyclic amines) is 1. The van der Waals surface area contributed by atoms with Crippen LogP contribution in [0.2, 0.25) is 5.02 Å². The second-order valence-corrected chi connectivity index (χ2v) is 8.12. The van der Waals surface area contributed by atoms with Gasteiger partial charge in [-0.2, -0.15) is 4.98 Å². The average Bonchev–Trinajstić information content (AvgIpc) is 3.30. The Morgan fingerprint density at radius 3 is 2.65 bits per heavy atom. The minimum absolute atomic E-state index is 0.0834. The molecule has 1 aliphatic rings. The van der Waals surface area contributed by atoms with Crippen molar-refractivity contribution >= 4 is 34.1 Å². The maximum atomic E-state index is 12.8. The number of nitrogens with zero attached hydrogens (tertiary/aromatic N) is 3. The van der Waals surface area contributed by atoms with Gasteiger partial charge in [0.05, 0.1) is 5.69 Å². The Bertz CT molecular complexity index is 1230. The van der Waals surface area contributed by atoms with Gasteiger partial charge >= 0.3 is 6.03 Å². The van der Waals surface area contributed by atoms with Crippen LogP contribution >= 0.6 is 11.6 Å². The molecule has 156 valence electrons. The van der Waals surface area contributed by atoms with Crippen molar-refractivity contribution in [3.05, 3.63) is 77.6 Å². The van der Waals surface area contributed by atoms with E-state index < -0.39 is 0 Å². The molecule has 0 bridgehead atoms. The first-order chi connectivity index (χ1) is 15.2. The van der Waals surface area contributed by atoms with Crippen molar-refractivity contribution in [3.8, 4) is 11.4 Å². The van der Waals surface area contributed by atoms with Crippen LogP contribution in [-0.4, -0.2) is 34.2 Å². The number of aromatic nitrogens is 2. The number of anilines is 1. The van der Waals surface area contributed by atoms with E-state index in [0.717, 1.165) is 34.9 Å². The van der Waals surface area contributed by atoms with Gasteiger partial charge in [-0.25, -0.2) is 4.79 Å². The van der Waals surface area contributed by atoms with Gasteiger partial charge in [-0.05, 0) is 36.4 Å². The van der Waals surface area contributed by atoms with Gasteiger partial charge < -0.3 is 14.7 Å². The summed E-state index contributed by atoms with van der Waals surface area (Å²) in [6, 6.07) is 21.3. The van der Waals surface area contributed by atoms with Crippen molar-refractivity contribution in [2.75, 3.05) is 18.4 Å². The lowest BCUT2D eigenvalue weighted by molar-refractivity contribution is 0.187. The number of urea groups is 1. The zero-order valence-electron chi connectivity index (χ0n) is 16.8. The van der Waals surface area contributed by atoms with Crippen molar-refractivity contribution in [1.82, 2.24) is 15.0 Å². The number of carbonyl (C=O) groups excluding carboxylic acids is 1. The summed E-state index contributed by atoms with van der Waals surface area (Å²) in [6.07, 6.45) is 1.56. The van der Waals surface area contributed by atoms with Crippen LogP contribution in [0.15, 0.2) is 71.3 Å². The van der Waals surface area contributed by atoms with E-state index in [2.05, 4.69) is 15.5 Å². The van der Waals surface area contributed by atoms with Crippen molar-refractivity contribution in [3.63, 3.8) is 0 Å². The number of carbonyl (C=O) groups is 1. The van der Waals surface area contributed by atoms with Gasteiger partial charge in [0.15, 0.2) is 0 Å². The lowest BCUT2D eigenvalue weighted by atomic mass is 9.97. The van der Waals surface area contributed by atoms with Crippen molar-refractivity contribution in [2.24, 2.45) is 0 Å².